The van der Waals surface area contributed by atoms with Crippen molar-refractivity contribution < 1.29 is 0 Å². The van der Waals surface area contributed by atoms with Crippen LogP contribution >= 0.6 is 0 Å². The molecule has 0 unspecified atom stereocenters. The summed E-state index contributed by atoms with van der Waals surface area (Å²) in [4.78, 5) is 3.98. The molecule has 0 saturated heterocycles. The highest BCUT2D eigenvalue weighted by atomic mass is 15.3. The first-order valence-electron chi connectivity index (χ1n) is 12.8. The number of rotatable bonds is 22. The first-order valence-corrected chi connectivity index (χ1v) is 12.8. The summed E-state index contributed by atoms with van der Waals surface area (Å²) in [7, 11) is 0. The Bertz CT molecular complexity index is 389. The normalized spacial score (nSPS) is 11.3. The molecule has 0 amide bonds. The van der Waals surface area contributed by atoms with E-state index in [1.54, 1.807) is 6.33 Å². The van der Waals surface area contributed by atoms with Gasteiger partial charge in [0.15, 0.2) is 0 Å². The monoisotopic (exact) mass is 391 g/mol. The van der Waals surface area contributed by atoms with Crippen molar-refractivity contribution in [2.24, 2.45) is 0 Å². The quantitative estimate of drug-likeness (QED) is 0.185. The van der Waals surface area contributed by atoms with Crippen LogP contribution < -0.4 is 0 Å². The Balaban J connectivity index is 1.64. The second-order valence-electron chi connectivity index (χ2n) is 8.73. The van der Waals surface area contributed by atoms with Crippen LogP contribution in [0.25, 0.3) is 0 Å². The van der Waals surface area contributed by atoms with Crippen molar-refractivity contribution in [2.45, 2.75) is 148 Å². The Morgan fingerprint density at radius 3 is 1.18 bits per heavy atom. The molecule has 0 aliphatic heterocycles. The maximum absolute atomic E-state index is 4.14. The summed E-state index contributed by atoms with van der Waals surface area (Å²) in [6.45, 7) is 3.32. The van der Waals surface area contributed by atoms with Gasteiger partial charge in [-0.05, 0) is 6.42 Å². The Hall–Kier alpha value is -0.860. The van der Waals surface area contributed by atoms with E-state index in [9.17, 15) is 0 Å². The Kier molecular flexibility index (Phi) is 18.8. The average molecular weight is 392 g/mol. The molecule has 1 aromatic rings. The van der Waals surface area contributed by atoms with Gasteiger partial charge in [0.1, 0.15) is 12.7 Å². The van der Waals surface area contributed by atoms with E-state index >= 15 is 0 Å². The van der Waals surface area contributed by atoms with Crippen molar-refractivity contribution >= 4 is 0 Å². The van der Waals surface area contributed by atoms with Gasteiger partial charge in [-0.15, -0.1) is 0 Å². The highest BCUT2D eigenvalue weighted by Crippen LogP contribution is 2.15. The number of aryl methyl sites for hydroxylation is 1. The van der Waals surface area contributed by atoms with Gasteiger partial charge in [-0.3, -0.25) is 4.68 Å². The molecule has 0 aliphatic carbocycles. The predicted molar refractivity (Wildman–Crippen MR) is 123 cm³/mol. The van der Waals surface area contributed by atoms with Crippen molar-refractivity contribution in [1.29, 1.82) is 0 Å². The molecule has 1 aromatic heterocycles. The molecule has 0 aromatic carbocycles. The maximum atomic E-state index is 4.14. The zero-order valence-corrected chi connectivity index (χ0v) is 19.1. The highest BCUT2D eigenvalue weighted by molar-refractivity contribution is 4.56. The lowest BCUT2D eigenvalue weighted by Gasteiger charge is -2.04. The second kappa shape index (κ2) is 20.9. The lowest BCUT2D eigenvalue weighted by molar-refractivity contribution is 0.507. The maximum Gasteiger partial charge on any atom is 0.137 e. The van der Waals surface area contributed by atoms with Gasteiger partial charge in [-0.25, -0.2) is 4.98 Å². The molecule has 0 atom stereocenters. The van der Waals surface area contributed by atoms with Gasteiger partial charge in [0.2, 0.25) is 0 Å². The van der Waals surface area contributed by atoms with E-state index in [1.165, 1.54) is 135 Å². The Morgan fingerprint density at radius 2 is 0.857 bits per heavy atom. The molecule has 1 rings (SSSR count). The van der Waals surface area contributed by atoms with Gasteiger partial charge < -0.3 is 0 Å². The van der Waals surface area contributed by atoms with Gasteiger partial charge in [0, 0.05) is 6.54 Å². The van der Waals surface area contributed by atoms with E-state index in [1.807, 2.05) is 11.0 Å². The van der Waals surface area contributed by atoms with E-state index in [-0.39, 0.29) is 0 Å². The molecule has 3 heteroatoms. The number of hydrogen-bond donors (Lipinski definition) is 0. The lowest BCUT2D eigenvalue weighted by atomic mass is 10.0. The third kappa shape index (κ3) is 17.3. The lowest BCUT2D eigenvalue weighted by Crippen LogP contribution is -1.97. The minimum atomic E-state index is 1.03. The number of hydrogen-bond acceptors (Lipinski definition) is 2. The van der Waals surface area contributed by atoms with E-state index in [0.717, 1.165) is 6.54 Å². The van der Waals surface area contributed by atoms with Crippen LogP contribution in [0.2, 0.25) is 0 Å². The summed E-state index contributed by atoms with van der Waals surface area (Å²) in [5, 5.41) is 4.14. The standard InChI is InChI=1S/C25H49N3/c1-2-3-4-5-6-7-8-9-10-11-12-13-14-15-16-17-18-19-20-21-22-23-28-25-26-24-27-28/h24-25H,2-23H2,1H3. The fraction of sp³-hybridized carbons (Fsp3) is 0.920. The SMILES string of the molecule is CCCCCCCCCCCCCCCCCCCCCCCn1cncn1. The third-order valence-electron chi connectivity index (χ3n) is 5.96. The fourth-order valence-electron chi connectivity index (χ4n) is 4.05. The van der Waals surface area contributed by atoms with Crippen LogP contribution in [0.3, 0.4) is 0 Å². The van der Waals surface area contributed by atoms with Crippen LogP contribution in [0.1, 0.15) is 142 Å². The number of aromatic nitrogens is 3. The summed E-state index contributed by atoms with van der Waals surface area (Å²) >= 11 is 0. The minimum absolute atomic E-state index is 1.03. The molecule has 0 spiro atoms. The van der Waals surface area contributed by atoms with E-state index < -0.39 is 0 Å². The van der Waals surface area contributed by atoms with E-state index in [2.05, 4.69) is 17.0 Å². The largest absolute Gasteiger partial charge is 0.253 e. The molecule has 164 valence electrons. The van der Waals surface area contributed by atoms with E-state index in [4.69, 9.17) is 0 Å². The molecule has 3 nitrogen and oxygen atoms in total. The van der Waals surface area contributed by atoms with Crippen molar-refractivity contribution in [1.82, 2.24) is 14.8 Å². The van der Waals surface area contributed by atoms with Gasteiger partial charge in [0.25, 0.3) is 0 Å². The molecule has 0 aliphatic rings. The van der Waals surface area contributed by atoms with Crippen molar-refractivity contribution in [3.8, 4) is 0 Å². The fourth-order valence-corrected chi connectivity index (χ4v) is 4.05. The molecular weight excluding hydrogens is 342 g/mol. The van der Waals surface area contributed by atoms with Crippen molar-refractivity contribution in [3.63, 3.8) is 0 Å². The zero-order chi connectivity index (χ0) is 20.0. The van der Waals surface area contributed by atoms with Gasteiger partial charge in [-0.2, -0.15) is 5.10 Å². The molecule has 1 heterocycles. The molecule has 0 saturated carbocycles. The Labute approximate surface area is 176 Å². The van der Waals surface area contributed by atoms with Crippen LogP contribution in [-0.2, 0) is 6.54 Å². The van der Waals surface area contributed by atoms with Crippen LogP contribution in [0.5, 0.6) is 0 Å². The summed E-state index contributed by atoms with van der Waals surface area (Å²) in [6.07, 6.45) is 33.6. The molecule has 0 radical (unpaired) electrons. The average Bonchev–Trinajstić information content (AvgIpc) is 3.22. The minimum Gasteiger partial charge on any atom is -0.253 e. The van der Waals surface area contributed by atoms with Crippen molar-refractivity contribution in [3.05, 3.63) is 12.7 Å². The van der Waals surface area contributed by atoms with Gasteiger partial charge in [0.05, 0.1) is 0 Å². The molecule has 0 N–H and O–H groups in total. The first-order chi connectivity index (χ1) is 13.9. The summed E-state index contributed by atoms with van der Waals surface area (Å²) in [5.41, 5.74) is 0. The number of unbranched alkanes of at least 4 members (excludes halogenated alkanes) is 20. The topological polar surface area (TPSA) is 30.7 Å². The van der Waals surface area contributed by atoms with Crippen molar-refractivity contribution in [2.75, 3.05) is 0 Å². The predicted octanol–water partition coefficient (Wildman–Crippen LogP) is 8.49. The molecular formula is C25H49N3. The molecule has 0 bridgehead atoms. The van der Waals surface area contributed by atoms with Crippen LogP contribution in [-0.4, -0.2) is 14.8 Å². The Morgan fingerprint density at radius 1 is 0.500 bits per heavy atom. The number of nitrogens with zero attached hydrogens (tertiary/aromatic N) is 3. The highest BCUT2D eigenvalue weighted by Gasteiger charge is 1.96. The first kappa shape index (κ1) is 25.2. The van der Waals surface area contributed by atoms with Gasteiger partial charge >= 0.3 is 0 Å². The summed E-state index contributed by atoms with van der Waals surface area (Å²) in [6, 6.07) is 0. The van der Waals surface area contributed by atoms with Crippen LogP contribution in [0.4, 0.5) is 0 Å². The van der Waals surface area contributed by atoms with Gasteiger partial charge in [-0.1, -0.05) is 135 Å². The molecule has 28 heavy (non-hydrogen) atoms. The van der Waals surface area contributed by atoms with Crippen LogP contribution in [0.15, 0.2) is 12.7 Å². The second-order valence-corrected chi connectivity index (χ2v) is 8.73. The summed E-state index contributed by atoms with van der Waals surface area (Å²) < 4.78 is 1.94. The smallest absolute Gasteiger partial charge is 0.137 e. The zero-order valence-electron chi connectivity index (χ0n) is 19.1. The third-order valence-corrected chi connectivity index (χ3v) is 5.96. The summed E-state index contributed by atoms with van der Waals surface area (Å²) in [5.74, 6) is 0. The molecule has 0 fully saturated rings. The van der Waals surface area contributed by atoms with Crippen LogP contribution in [0, 0.1) is 0 Å². The van der Waals surface area contributed by atoms with E-state index in [0.29, 0.717) is 0 Å².